The zero-order chi connectivity index (χ0) is 18.6. The molecule has 1 aromatic carbocycles. The maximum Gasteiger partial charge on any atom is 0.190 e. The largest absolute Gasteiger partial charge is 0.374 e. The third-order valence-electron chi connectivity index (χ3n) is 4.05. The molecule has 2 aromatic rings. The molecule has 142 valence electrons. The van der Waals surface area contributed by atoms with Gasteiger partial charge in [-0.05, 0) is 25.3 Å². The molecule has 2 N–H and O–H groups in total. The molecule has 0 radical (unpaired) electrons. The Morgan fingerprint density at radius 1 is 1.23 bits per heavy atom. The van der Waals surface area contributed by atoms with Crippen LogP contribution in [0.15, 0.2) is 40.7 Å². The number of guanidine groups is 1. The first-order chi connectivity index (χ1) is 12.7. The number of aliphatic imine (C=N–C) groups is 1. The predicted molar refractivity (Wildman–Crippen MR) is 110 cm³/mol. The van der Waals surface area contributed by atoms with Gasteiger partial charge in [0.2, 0.25) is 0 Å². The van der Waals surface area contributed by atoms with Gasteiger partial charge in [0.05, 0.1) is 16.8 Å². The highest BCUT2D eigenvalue weighted by Crippen LogP contribution is 2.15. The van der Waals surface area contributed by atoms with Crippen molar-refractivity contribution in [2.24, 2.45) is 4.99 Å². The molecule has 0 aliphatic carbocycles. The topological polar surface area (TPSA) is 58.5 Å². The van der Waals surface area contributed by atoms with Crippen molar-refractivity contribution >= 4 is 17.3 Å². The van der Waals surface area contributed by atoms with Gasteiger partial charge < -0.3 is 15.4 Å². The normalized spacial score (nSPS) is 12.8. The minimum Gasteiger partial charge on any atom is -0.374 e. The number of aromatic nitrogens is 1. The minimum atomic E-state index is 0.125. The average molecular weight is 375 g/mol. The van der Waals surface area contributed by atoms with E-state index in [1.165, 1.54) is 10.6 Å². The molecular weight excluding hydrogens is 344 g/mol. The highest BCUT2D eigenvalue weighted by atomic mass is 32.1. The summed E-state index contributed by atoms with van der Waals surface area (Å²) in [5.41, 5.74) is 2.37. The zero-order valence-corrected chi connectivity index (χ0v) is 16.8. The molecule has 2 rings (SSSR count). The van der Waals surface area contributed by atoms with Crippen molar-refractivity contribution in [2.75, 3.05) is 26.7 Å². The van der Waals surface area contributed by atoms with Gasteiger partial charge in [-0.3, -0.25) is 4.99 Å². The van der Waals surface area contributed by atoms with E-state index in [1.54, 1.807) is 18.4 Å². The van der Waals surface area contributed by atoms with Gasteiger partial charge in [-0.25, -0.2) is 4.98 Å². The molecule has 0 saturated carbocycles. The summed E-state index contributed by atoms with van der Waals surface area (Å²) in [4.78, 5) is 8.84. The first-order valence-corrected chi connectivity index (χ1v) is 10.1. The van der Waals surface area contributed by atoms with Gasteiger partial charge in [0, 0.05) is 38.5 Å². The molecular formula is C20H30N4OS. The molecule has 0 aliphatic heterocycles. The standard InChI is InChI=1S/C20H30N4OS/c1-4-19-24-18(15-26-19)11-13-23-20(21-3)22-12-8-14-25-16(2)17-9-6-5-7-10-17/h5-7,9-10,15-16H,4,8,11-14H2,1-3H3,(H2,21,22,23). The Morgan fingerprint density at radius 2 is 2.00 bits per heavy atom. The number of hydrogen-bond donors (Lipinski definition) is 2. The molecule has 0 aliphatic rings. The Hall–Kier alpha value is -1.92. The molecule has 1 atom stereocenters. The number of aryl methyl sites for hydroxylation is 1. The van der Waals surface area contributed by atoms with Gasteiger partial charge in [0.15, 0.2) is 5.96 Å². The third kappa shape index (κ3) is 7.14. The van der Waals surface area contributed by atoms with Crippen LogP contribution in [0.4, 0.5) is 0 Å². The van der Waals surface area contributed by atoms with Crippen molar-refractivity contribution < 1.29 is 4.74 Å². The lowest BCUT2D eigenvalue weighted by Crippen LogP contribution is -2.39. The fraction of sp³-hybridized carbons (Fsp3) is 0.500. The third-order valence-corrected chi connectivity index (χ3v) is 5.09. The molecule has 1 heterocycles. The smallest absolute Gasteiger partial charge is 0.190 e. The van der Waals surface area contributed by atoms with Crippen LogP contribution in [0.2, 0.25) is 0 Å². The first kappa shape index (κ1) is 20.4. The molecule has 0 amide bonds. The van der Waals surface area contributed by atoms with Crippen LogP contribution < -0.4 is 10.6 Å². The number of nitrogens with zero attached hydrogens (tertiary/aromatic N) is 2. The second-order valence-corrected chi connectivity index (χ2v) is 6.98. The Kier molecular flexibility index (Phi) is 9.14. The van der Waals surface area contributed by atoms with Gasteiger partial charge >= 0.3 is 0 Å². The fourth-order valence-electron chi connectivity index (χ4n) is 2.52. The Balaban J connectivity index is 1.57. The summed E-state index contributed by atoms with van der Waals surface area (Å²) >= 11 is 1.74. The van der Waals surface area contributed by atoms with E-state index >= 15 is 0 Å². The van der Waals surface area contributed by atoms with Crippen molar-refractivity contribution in [3.05, 3.63) is 52.0 Å². The average Bonchev–Trinajstić information content (AvgIpc) is 3.14. The monoisotopic (exact) mass is 374 g/mol. The van der Waals surface area contributed by atoms with Crippen molar-refractivity contribution in [1.29, 1.82) is 0 Å². The van der Waals surface area contributed by atoms with Gasteiger partial charge in [-0.1, -0.05) is 37.3 Å². The number of thiazole rings is 1. The predicted octanol–water partition coefficient (Wildman–Crippen LogP) is 3.58. The lowest BCUT2D eigenvalue weighted by Gasteiger charge is -2.14. The number of hydrogen-bond acceptors (Lipinski definition) is 4. The van der Waals surface area contributed by atoms with Gasteiger partial charge in [0.25, 0.3) is 0 Å². The highest BCUT2D eigenvalue weighted by molar-refractivity contribution is 7.09. The first-order valence-electron chi connectivity index (χ1n) is 9.27. The van der Waals surface area contributed by atoms with E-state index in [-0.39, 0.29) is 6.10 Å². The molecule has 0 saturated heterocycles. The van der Waals surface area contributed by atoms with Crippen molar-refractivity contribution in [3.63, 3.8) is 0 Å². The summed E-state index contributed by atoms with van der Waals surface area (Å²) in [7, 11) is 1.79. The summed E-state index contributed by atoms with van der Waals surface area (Å²) in [6.45, 7) is 6.60. The van der Waals surface area contributed by atoms with Crippen LogP contribution in [0, 0.1) is 0 Å². The maximum atomic E-state index is 5.89. The van der Waals surface area contributed by atoms with Crippen molar-refractivity contribution in [2.45, 2.75) is 39.2 Å². The van der Waals surface area contributed by atoms with Crippen LogP contribution in [0.5, 0.6) is 0 Å². The fourth-order valence-corrected chi connectivity index (χ4v) is 3.29. The molecule has 0 fully saturated rings. The van der Waals surface area contributed by atoms with Crippen LogP contribution in [0.3, 0.4) is 0 Å². The minimum absolute atomic E-state index is 0.125. The maximum absolute atomic E-state index is 5.89. The lowest BCUT2D eigenvalue weighted by atomic mass is 10.1. The van der Waals surface area contributed by atoms with E-state index in [2.05, 4.69) is 52.0 Å². The van der Waals surface area contributed by atoms with Crippen LogP contribution in [0.25, 0.3) is 0 Å². The van der Waals surface area contributed by atoms with E-state index < -0.39 is 0 Å². The summed E-state index contributed by atoms with van der Waals surface area (Å²) in [6.07, 6.45) is 2.98. The van der Waals surface area contributed by atoms with Gasteiger partial charge in [0.1, 0.15) is 0 Å². The van der Waals surface area contributed by atoms with E-state index in [0.29, 0.717) is 0 Å². The van der Waals surface area contributed by atoms with Crippen LogP contribution in [-0.4, -0.2) is 37.7 Å². The number of nitrogens with one attached hydrogen (secondary N) is 2. The van der Waals surface area contributed by atoms with E-state index in [4.69, 9.17) is 4.74 Å². The molecule has 1 unspecified atom stereocenters. The molecule has 5 nitrogen and oxygen atoms in total. The summed E-state index contributed by atoms with van der Waals surface area (Å²) in [5, 5.41) is 10.0. The van der Waals surface area contributed by atoms with Crippen molar-refractivity contribution in [3.8, 4) is 0 Å². The highest BCUT2D eigenvalue weighted by Gasteiger charge is 2.05. The lowest BCUT2D eigenvalue weighted by molar-refractivity contribution is 0.0646. The van der Waals surface area contributed by atoms with Crippen LogP contribution in [-0.2, 0) is 17.6 Å². The Bertz CT molecular complexity index is 657. The number of benzene rings is 1. The van der Waals surface area contributed by atoms with Gasteiger partial charge in [-0.2, -0.15) is 0 Å². The SMILES string of the molecule is CCc1nc(CCNC(=NC)NCCCOC(C)c2ccccc2)cs1. The molecule has 26 heavy (non-hydrogen) atoms. The molecule has 0 bridgehead atoms. The van der Waals surface area contributed by atoms with Crippen LogP contribution in [0.1, 0.15) is 42.6 Å². The van der Waals surface area contributed by atoms with Crippen LogP contribution >= 0.6 is 11.3 Å². The Labute approximate surface area is 160 Å². The Morgan fingerprint density at radius 3 is 2.69 bits per heavy atom. The zero-order valence-electron chi connectivity index (χ0n) is 16.0. The molecule has 1 aromatic heterocycles. The van der Waals surface area contributed by atoms with E-state index in [0.717, 1.165) is 50.6 Å². The second-order valence-electron chi connectivity index (χ2n) is 6.04. The second kappa shape index (κ2) is 11.6. The number of rotatable bonds is 10. The number of ether oxygens (including phenoxy) is 1. The van der Waals surface area contributed by atoms with E-state index in [9.17, 15) is 0 Å². The summed E-state index contributed by atoms with van der Waals surface area (Å²) in [5.74, 6) is 0.826. The van der Waals surface area contributed by atoms with Crippen molar-refractivity contribution in [1.82, 2.24) is 15.6 Å². The molecule has 0 spiro atoms. The van der Waals surface area contributed by atoms with Gasteiger partial charge in [-0.15, -0.1) is 11.3 Å². The summed E-state index contributed by atoms with van der Waals surface area (Å²) in [6, 6.07) is 10.3. The summed E-state index contributed by atoms with van der Waals surface area (Å²) < 4.78 is 5.89. The molecule has 6 heteroatoms. The quantitative estimate of drug-likeness (QED) is 0.379. The van der Waals surface area contributed by atoms with E-state index in [1.807, 2.05) is 18.2 Å².